The van der Waals surface area contributed by atoms with Gasteiger partial charge in [0.05, 0.1) is 14.2 Å². The Morgan fingerprint density at radius 2 is 1.92 bits per heavy atom. The molecule has 0 atom stereocenters. The highest BCUT2D eigenvalue weighted by molar-refractivity contribution is 6.12. The summed E-state index contributed by atoms with van der Waals surface area (Å²) in [5, 5.41) is 0. The Morgan fingerprint density at radius 1 is 1.20 bits per heavy atom. The molecule has 0 saturated carbocycles. The number of cyclic esters (lactones) is 1. The van der Waals surface area contributed by atoms with Crippen LogP contribution in [-0.2, 0) is 14.3 Å². The van der Waals surface area contributed by atoms with Crippen LogP contribution in [0.25, 0.3) is 6.08 Å². The van der Waals surface area contributed by atoms with Gasteiger partial charge in [0.2, 0.25) is 5.90 Å². The van der Waals surface area contributed by atoms with Crippen molar-refractivity contribution in [2.45, 2.75) is 6.92 Å². The van der Waals surface area contributed by atoms with E-state index in [2.05, 4.69) is 9.73 Å². The molecule has 128 valence electrons. The minimum atomic E-state index is -0.598. The van der Waals surface area contributed by atoms with Crippen LogP contribution in [-0.4, -0.2) is 32.1 Å². The molecule has 0 aliphatic carbocycles. The zero-order valence-corrected chi connectivity index (χ0v) is 13.9. The number of rotatable bonds is 4. The molecule has 7 heteroatoms. The maximum Gasteiger partial charge on any atom is 0.363 e. The van der Waals surface area contributed by atoms with Crippen LogP contribution in [0.1, 0.15) is 27.4 Å². The normalized spacial score (nSPS) is 15.1. The van der Waals surface area contributed by atoms with Crippen LogP contribution in [0, 0.1) is 6.92 Å². The third-order valence-corrected chi connectivity index (χ3v) is 3.58. The van der Waals surface area contributed by atoms with Crippen LogP contribution in [0.3, 0.4) is 0 Å². The van der Waals surface area contributed by atoms with Gasteiger partial charge in [-0.2, -0.15) is 0 Å². The van der Waals surface area contributed by atoms with Gasteiger partial charge in [-0.05, 0) is 37.3 Å². The summed E-state index contributed by atoms with van der Waals surface area (Å²) in [6, 6.07) is 8.45. The molecule has 0 saturated heterocycles. The van der Waals surface area contributed by atoms with Crippen molar-refractivity contribution in [1.29, 1.82) is 0 Å². The molecule has 0 spiro atoms. The first-order chi connectivity index (χ1) is 12.0. The first-order valence-electron chi connectivity index (χ1n) is 7.37. The van der Waals surface area contributed by atoms with Gasteiger partial charge in [0.25, 0.3) is 0 Å². The van der Waals surface area contributed by atoms with E-state index >= 15 is 0 Å². The molecular formula is C18H15NO6. The van der Waals surface area contributed by atoms with Crippen molar-refractivity contribution >= 4 is 23.9 Å². The van der Waals surface area contributed by atoms with E-state index in [1.165, 1.54) is 19.3 Å². The van der Waals surface area contributed by atoms with Gasteiger partial charge in [0.15, 0.2) is 5.70 Å². The predicted molar refractivity (Wildman–Crippen MR) is 88.4 cm³/mol. The van der Waals surface area contributed by atoms with Gasteiger partial charge in [0.1, 0.15) is 22.8 Å². The number of furan rings is 1. The zero-order valence-electron chi connectivity index (χ0n) is 13.9. The van der Waals surface area contributed by atoms with Crippen molar-refractivity contribution in [3.05, 3.63) is 58.7 Å². The molecule has 0 bridgehead atoms. The van der Waals surface area contributed by atoms with Gasteiger partial charge in [-0.15, -0.1) is 0 Å². The molecule has 0 amide bonds. The summed E-state index contributed by atoms with van der Waals surface area (Å²) in [4.78, 5) is 27.8. The number of hydrogen-bond donors (Lipinski definition) is 0. The molecule has 0 N–H and O–H groups in total. The lowest BCUT2D eigenvalue weighted by molar-refractivity contribution is -0.129. The van der Waals surface area contributed by atoms with Crippen molar-refractivity contribution in [3.8, 4) is 5.75 Å². The van der Waals surface area contributed by atoms with Crippen molar-refractivity contribution in [2.24, 2.45) is 4.99 Å². The minimum Gasteiger partial charge on any atom is -0.497 e. The molecule has 1 aliphatic heterocycles. The van der Waals surface area contributed by atoms with Gasteiger partial charge >= 0.3 is 11.9 Å². The van der Waals surface area contributed by atoms with Crippen molar-refractivity contribution in [3.63, 3.8) is 0 Å². The molecule has 7 nitrogen and oxygen atoms in total. The summed E-state index contributed by atoms with van der Waals surface area (Å²) < 4.78 is 20.4. The van der Waals surface area contributed by atoms with Gasteiger partial charge in [-0.1, -0.05) is 0 Å². The molecular weight excluding hydrogens is 326 g/mol. The Morgan fingerprint density at radius 3 is 2.56 bits per heavy atom. The highest BCUT2D eigenvalue weighted by atomic mass is 16.6. The third-order valence-electron chi connectivity index (χ3n) is 3.58. The summed E-state index contributed by atoms with van der Waals surface area (Å²) in [6.45, 7) is 1.63. The summed E-state index contributed by atoms with van der Waals surface area (Å²) in [7, 11) is 2.85. The van der Waals surface area contributed by atoms with Crippen LogP contribution >= 0.6 is 0 Å². The Labute approximate surface area is 143 Å². The number of ether oxygens (including phenoxy) is 3. The quantitative estimate of drug-likeness (QED) is 0.628. The zero-order chi connectivity index (χ0) is 18.0. The minimum absolute atomic E-state index is 0.0796. The van der Waals surface area contributed by atoms with Crippen LogP contribution in [0.4, 0.5) is 0 Å². The molecule has 25 heavy (non-hydrogen) atoms. The Kier molecular flexibility index (Phi) is 4.38. The van der Waals surface area contributed by atoms with Gasteiger partial charge in [-0.3, -0.25) is 0 Å². The molecule has 0 radical (unpaired) electrons. The largest absolute Gasteiger partial charge is 0.497 e. The maximum atomic E-state index is 12.0. The lowest BCUT2D eigenvalue weighted by atomic mass is 10.2. The van der Waals surface area contributed by atoms with E-state index in [-0.39, 0.29) is 11.6 Å². The lowest BCUT2D eigenvalue weighted by Crippen LogP contribution is -2.05. The summed E-state index contributed by atoms with van der Waals surface area (Å²) in [5.74, 6) is 0.469. The van der Waals surface area contributed by atoms with Crippen LogP contribution in [0.2, 0.25) is 0 Å². The smallest absolute Gasteiger partial charge is 0.363 e. The number of methoxy groups -OCH3 is 2. The lowest BCUT2D eigenvalue weighted by Gasteiger charge is -2.01. The van der Waals surface area contributed by atoms with E-state index in [1.54, 1.807) is 38.3 Å². The SMILES string of the molecule is COC(=O)c1cc(C=C2N=C(c3ccc(OC)cc3)OC2=O)oc1C. The van der Waals surface area contributed by atoms with E-state index in [0.717, 1.165) is 0 Å². The fraction of sp³-hybridized carbons (Fsp3) is 0.167. The number of aryl methyl sites for hydroxylation is 1. The first kappa shape index (κ1) is 16.5. The topological polar surface area (TPSA) is 87.3 Å². The average molecular weight is 341 g/mol. The molecule has 2 aromatic rings. The highest BCUT2D eigenvalue weighted by Gasteiger charge is 2.25. The van der Waals surface area contributed by atoms with Crippen LogP contribution in [0.15, 0.2) is 45.4 Å². The van der Waals surface area contributed by atoms with E-state index < -0.39 is 11.9 Å². The molecule has 1 aromatic heterocycles. The fourth-order valence-electron chi connectivity index (χ4n) is 2.29. The third kappa shape index (κ3) is 3.30. The number of aliphatic imine (C=N–C) groups is 1. The average Bonchev–Trinajstić information content (AvgIpc) is 3.17. The molecule has 0 unspecified atom stereocenters. The summed E-state index contributed by atoms with van der Waals surface area (Å²) in [6.07, 6.45) is 1.41. The van der Waals surface area contributed by atoms with Gasteiger partial charge in [0, 0.05) is 11.6 Å². The van der Waals surface area contributed by atoms with Gasteiger partial charge < -0.3 is 18.6 Å². The Bertz CT molecular complexity index is 889. The number of carbonyl (C=O) groups excluding carboxylic acids is 2. The monoisotopic (exact) mass is 341 g/mol. The molecule has 3 rings (SSSR count). The molecule has 0 fully saturated rings. The van der Waals surface area contributed by atoms with E-state index in [1.807, 2.05) is 0 Å². The van der Waals surface area contributed by atoms with Crippen molar-refractivity contribution in [2.75, 3.05) is 14.2 Å². The summed E-state index contributed by atoms with van der Waals surface area (Å²) >= 11 is 0. The van der Waals surface area contributed by atoms with Crippen molar-refractivity contribution in [1.82, 2.24) is 0 Å². The molecule has 1 aliphatic rings. The Hall–Kier alpha value is -3.35. The van der Waals surface area contributed by atoms with Crippen LogP contribution in [0.5, 0.6) is 5.75 Å². The van der Waals surface area contributed by atoms with Crippen LogP contribution < -0.4 is 4.74 Å². The number of hydrogen-bond acceptors (Lipinski definition) is 7. The second-order valence-corrected chi connectivity index (χ2v) is 5.17. The second-order valence-electron chi connectivity index (χ2n) is 5.17. The number of carbonyl (C=O) groups is 2. The number of nitrogens with zero attached hydrogens (tertiary/aromatic N) is 1. The maximum absolute atomic E-state index is 12.0. The van der Waals surface area contributed by atoms with E-state index in [9.17, 15) is 9.59 Å². The van der Waals surface area contributed by atoms with Gasteiger partial charge in [-0.25, -0.2) is 14.6 Å². The first-order valence-corrected chi connectivity index (χ1v) is 7.37. The summed E-state index contributed by atoms with van der Waals surface area (Å²) in [5.41, 5.74) is 1.01. The highest BCUT2D eigenvalue weighted by Crippen LogP contribution is 2.23. The molecule has 1 aromatic carbocycles. The number of benzene rings is 1. The standard InChI is InChI=1S/C18H15NO6/c1-10-14(17(20)23-3)8-13(24-10)9-15-18(21)25-16(19-15)11-4-6-12(22-2)7-5-11/h4-9H,1-3H3. The van der Waals surface area contributed by atoms with E-state index in [0.29, 0.717) is 28.4 Å². The van der Waals surface area contributed by atoms with E-state index in [4.69, 9.17) is 13.9 Å². The Balaban J connectivity index is 1.89. The fourth-order valence-corrected chi connectivity index (χ4v) is 2.29. The number of esters is 2. The molecule has 2 heterocycles. The predicted octanol–water partition coefficient (Wildman–Crippen LogP) is 2.73. The van der Waals surface area contributed by atoms with Crippen molar-refractivity contribution < 1.29 is 28.2 Å². The second kappa shape index (κ2) is 6.64.